The number of carbonyl (C=O) groups is 1. The number of benzene rings is 1. The zero-order valence-corrected chi connectivity index (χ0v) is 10.0. The number of halogens is 3. The number of carbonyl (C=O) groups excluding carboxylic acids is 1. The van der Waals surface area contributed by atoms with Gasteiger partial charge in [-0.25, -0.2) is 0 Å². The summed E-state index contributed by atoms with van der Waals surface area (Å²) in [6, 6.07) is 3.52. The summed E-state index contributed by atoms with van der Waals surface area (Å²) >= 11 is 14.6. The van der Waals surface area contributed by atoms with Gasteiger partial charge in [-0.3, -0.25) is 4.79 Å². The van der Waals surface area contributed by atoms with Crippen molar-refractivity contribution in [2.75, 3.05) is 5.88 Å². The van der Waals surface area contributed by atoms with Crippen LogP contribution in [0.15, 0.2) is 16.6 Å². The van der Waals surface area contributed by atoms with Crippen LogP contribution in [-0.2, 0) is 0 Å². The van der Waals surface area contributed by atoms with Crippen molar-refractivity contribution in [1.82, 2.24) is 0 Å². The van der Waals surface area contributed by atoms with Gasteiger partial charge in [0.2, 0.25) is 0 Å². The van der Waals surface area contributed by atoms with E-state index >= 15 is 0 Å². The van der Waals surface area contributed by atoms with Crippen LogP contribution in [0, 0.1) is 6.92 Å². The smallest absolute Gasteiger partial charge is 0.178 e. The van der Waals surface area contributed by atoms with Crippen molar-refractivity contribution in [2.24, 2.45) is 0 Å². The fraction of sp³-hybridized carbons (Fsp3) is 0.222. The van der Waals surface area contributed by atoms with Gasteiger partial charge in [-0.05, 0) is 34.5 Å². The van der Waals surface area contributed by atoms with Gasteiger partial charge in [0.05, 0.1) is 10.9 Å². The van der Waals surface area contributed by atoms with Crippen molar-refractivity contribution in [3.8, 4) is 0 Å². The molecule has 1 nitrogen and oxygen atoms in total. The summed E-state index contributed by atoms with van der Waals surface area (Å²) in [5.41, 5.74) is 1.46. The number of rotatable bonds is 2. The fourth-order valence-electron chi connectivity index (χ4n) is 0.933. The Bertz CT molecular complexity index is 350. The molecule has 0 heterocycles. The van der Waals surface area contributed by atoms with Gasteiger partial charge >= 0.3 is 0 Å². The van der Waals surface area contributed by atoms with Crippen molar-refractivity contribution < 1.29 is 4.79 Å². The van der Waals surface area contributed by atoms with E-state index in [1.807, 2.05) is 6.92 Å². The summed E-state index contributed by atoms with van der Waals surface area (Å²) in [6.07, 6.45) is 0. The van der Waals surface area contributed by atoms with Crippen molar-refractivity contribution >= 4 is 44.9 Å². The van der Waals surface area contributed by atoms with Gasteiger partial charge in [-0.15, -0.1) is 11.6 Å². The monoisotopic (exact) mass is 280 g/mol. The minimum atomic E-state index is -0.129. The molecule has 0 aromatic heterocycles. The van der Waals surface area contributed by atoms with Crippen LogP contribution in [0.2, 0.25) is 5.02 Å². The molecule has 0 atom stereocenters. The summed E-state index contributed by atoms with van der Waals surface area (Å²) in [7, 11) is 0. The highest BCUT2D eigenvalue weighted by Gasteiger charge is 2.12. The number of aryl methyl sites for hydroxylation is 1. The van der Waals surface area contributed by atoms with Crippen LogP contribution >= 0.6 is 39.1 Å². The van der Waals surface area contributed by atoms with Gasteiger partial charge in [0.15, 0.2) is 5.78 Å². The third kappa shape index (κ3) is 2.25. The molecule has 0 unspecified atom stereocenters. The quantitative estimate of drug-likeness (QED) is 0.595. The van der Waals surface area contributed by atoms with Gasteiger partial charge in [0, 0.05) is 10.0 Å². The summed E-state index contributed by atoms with van der Waals surface area (Å²) in [5, 5.41) is 0.566. The molecule has 13 heavy (non-hydrogen) atoms. The van der Waals surface area contributed by atoms with Crippen LogP contribution in [0.5, 0.6) is 0 Å². The average molecular weight is 282 g/mol. The summed E-state index contributed by atoms with van der Waals surface area (Å²) in [5.74, 6) is -0.159. The Kier molecular flexibility index (Phi) is 3.77. The molecule has 0 aliphatic heterocycles. The molecule has 0 fully saturated rings. The molecule has 70 valence electrons. The van der Waals surface area contributed by atoms with Crippen LogP contribution in [0.25, 0.3) is 0 Å². The number of hydrogen-bond acceptors (Lipinski definition) is 1. The predicted octanol–water partition coefficient (Wildman–Crippen LogP) is 3.83. The highest BCUT2D eigenvalue weighted by molar-refractivity contribution is 9.10. The number of hydrogen-bond donors (Lipinski definition) is 0. The Hall–Kier alpha value is -0.0500. The van der Waals surface area contributed by atoms with Crippen molar-refractivity contribution in [3.63, 3.8) is 0 Å². The first-order valence-corrected chi connectivity index (χ1v) is 5.32. The largest absolute Gasteiger partial charge is 0.293 e. The van der Waals surface area contributed by atoms with Crippen molar-refractivity contribution in [1.29, 1.82) is 0 Å². The highest BCUT2D eigenvalue weighted by Crippen LogP contribution is 2.29. The van der Waals surface area contributed by atoms with Crippen LogP contribution in [0.4, 0.5) is 0 Å². The summed E-state index contributed by atoms with van der Waals surface area (Å²) < 4.78 is 0.625. The number of alkyl halides is 1. The Morgan fingerprint density at radius 3 is 2.69 bits per heavy atom. The van der Waals surface area contributed by atoms with E-state index < -0.39 is 0 Å². The predicted molar refractivity (Wildman–Crippen MR) is 58.9 cm³/mol. The van der Waals surface area contributed by atoms with Crippen LogP contribution in [-0.4, -0.2) is 11.7 Å². The van der Waals surface area contributed by atoms with E-state index in [-0.39, 0.29) is 11.7 Å². The molecule has 1 rings (SSSR count). The second-order valence-electron chi connectivity index (χ2n) is 2.61. The standard InChI is InChI=1S/C9H7BrCl2O/c1-5-2-3-6(7(13)4-11)8(10)9(5)12/h2-3H,4H2,1H3. The first kappa shape index (κ1) is 11.0. The van der Waals surface area contributed by atoms with Gasteiger partial charge in [0.1, 0.15) is 0 Å². The average Bonchev–Trinajstić information content (AvgIpc) is 2.13. The molecule has 0 saturated heterocycles. The Balaban J connectivity index is 3.26. The van der Waals surface area contributed by atoms with E-state index in [1.54, 1.807) is 12.1 Å². The van der Waals surface area contributed by atoms with Crippen LogP contribution in [0.1, 0.15) is 15.9 Å². The molecule has 4 heteroatoms. The molecule has 0 aliphatic rings. The number of Topliss-reactive ketones (excluding diaryl/α,β-unsaturated/α-hetero) is 1. The zero-order valence-electron chi connectivity index (χ0n) is 6.90. The molecular weight excluding hydrogens is 275 g/mol. The third-order valence-electron chi connectivity index (χ3n) is 1.70. The second-order valence-corrected chi connectivity index (χ2v) is 4.05. The van der Waals surface area contributed by atoms with Gasteiger partial charge in [-0.2, -0.15) is 0 Å². The lowest BCUT2D eigenvalue weighted by molar-refractivity contribution is 0.102. The fourth-order valence-corrected chi connectivity index (χ4v) is 1.91. The Morgan fingerprint density at radius 2 is 2.15 bits per heavy atom. The lowest BCUT2D eigenvalue weighted by atomic mass is 10.1. The topological polar surface area (TPSA) is 17.1 Å². The van der Waals surface area contributed by atoms with Gasteiger partial charge < -0.3 is 0 Å². The lowest BCUT2D eigenvalue weighted by Gasteiger charge is -2.05. The molecule has 1 aromatic carbocycles. The van der Waals surface area contributed by atoms with E-state index in [1.165, 1.54) is 0 Å². The van der Waals surface area contributed by atoms with E-state index in [9.17, 15) is 4.79 Å². The van der Waals surface area contributed by atoms with E-state index in [4.69, 9.17) is 23.2 Å². The molecule has 0 N–H and O–H groups in total. The third-order valence-corrected chi connectivity index (χ3v) is 3.48. The molecular formula is C9H7BrCl2O. The SMILES string of the molecule is Cc1ccc(C(=O)CCl)c(Br)c1Cl. The molecule has 0 spiro atoms. The van der Waals surface area contributed by atoms with E-state index in [0.717, 1.165) is 5.56 Å². The minimum absolute atomic E-state index is 0.0298. The van der Waals surface area contributed by atoms with Gasteiger partial charge in [-0.1, -0.05) is 17.7 Å². The Morgan fingerprint density at radius 1 is 1.54 bits per heavy atom. The van der Waals surface area contributed by atoms with Gasteiger partial charge in [0.25, 0.3) is 0 Å². The van der Waals surface area contributed by atoms with E-state index in [0.29, 0.717) is 15.1 Å². The minimum Gasteiger partial charge on any atom is -0.293 e. The summed E-state index contributed by atoms with van der Waals surface area (Å²) in [4.78, 5) is 11.3. The molecule has 0 aliphatic carbocycles. The van der Waals surface area contributed by atoms with Crippen LogP contribution in [0.3, 0.4) is 0 Å². The highest BCUT2D eigenvalue weighted by atomic mass is 79.9. The van der Waals surface area contributed by atoms with Crippen molar-refractivity contribution in [3.05, 3.63) is 32.8 Å². The van der Waals surface area contributed by atoms with E-state index in [2.05, 4.69) is 15.9 Å². The first-order valence-electron chi connectivity index (χ1n) is 3.61. The lowest BCUT2D eigenvalue weighted by Crippen LogP contribution is -2.01. The second kappa shape index (κ2) is 4.45. The molecule has 0 radical (unpaired) electrons. The molecule has 0 saturated carbocycles. The van der Waals surface area contributed by atoms with Crippen molar-refractivity contribution in [2.45, 2.75) is 6.92 Å². The molecule has 0 bridgehead atoms. The maximum Gasteiger partial charge on any atom is 0.178 e. The number of ketones is 1. The van der Waals surface area contributed by atoms with Crippen LogP contribution < -0.4 is 0 Å². The maximum absolute atomic E-state index is 11.3. The zero-order chi connectivity index (χ0) is 10.0. The normalized spacial score (nSPS) is 10.2. The first-order chi connectivity index (χ1) is 6.07. The Labute approximate surface area is 95.2 Å². The summed E-state index contributed by atoms with van der Waals surface area (Å²) in [6.45, 7) is 1.88. The maximum atomic E-state index is 11.3. The molecule has 0 amide bonds. The molecule has 1 aromatic rings.